The number of carboxylic acids is 1. The Morgan fingerprint density at radius 2 is 1.62 bits per heavy atom. The van der Waals surface area contributed by atoms with E-state index in [1.807, 2.05) is 34.7 Å². The van der Waals surface area contributed by atoms with Crippen molar-refractivity contribution >= 4 is 73.7 Å². The largest absolute Gasteiger partial charge is 1.00 e. The maximum atomic E-state index is 11.1. The van der Waals surface area contributed by atoms with Crippen molar-refractivity contribution in [3.05, 3.63) is 49.1 Å². The molecule has 0 spiro atoms. The van der Waals surface area contributed by atoms with Crippen molar-refractivity contribution in [3.8, 4) is 17.2 Å². The van der Waals surface area contributed by atoms with Crippen LogP contribution in [0.15, 0.2) is 36.4 Å². The molecular formula is C15H11I3NNaO4. The van der Waals surface area contributed by atoms with Crippen molar-refractivity contribution in [2.24, 2.45) is 5.73 Å². The maximum Gasteiger partial charge on any atom is 1.00 e. The van der Waals surface area contributed by atoms with E-state index in [9.17, 15) is 9.90 Å². The first kappa shape index (κ1) is 22.7. The molecule has 0 heterocycles. The minimum atomic E-state index is -1.03. The third-order valence-corrected chi connectivity index (χ3v) is 6.17. The SMILES string of the molecule is N[C@@H](C(=O)O)C(I)c1c(I)cc(Oc2ccc([O-])cc2)cc1I.[Na+]. The molecule has 2 atom stereocenters. The second-order valence-corrected chi connectivity index (χ2v) is 8.31. The van der Waals surface area contributed by atoms with Gasteiger partial charge in [-0.15, -0.1) is 5.75 Å². The van der Waals surface area contributed by atoms with Crippen molar-refractivity contribution in [2.45, 2.75) is 9.97 Å². The maximum absolute atomic E-state index is 11.1. The average Bonchev–Trinajstić information content (AvgIpc) is 2.48. The number of hydrogen-bond donors (Lipinski definition) is 2. The van der Waals surface area contributed by atoms with E-state index >= 15 is 0 Å². The summed E-state index contributed by atoms with van der Waals surface area (Å²) in [6, 6.07) is 8.76. The topological polar surface area (TPSA) is 95.6 Å². The zero-order chi connectivity index (χ0) is 17.1. The predicted molar refractivity (Wildman–Crippen MR) is 110 cm³/mol. The number of carbonyl (C=O) groups is 1. The summed E-state index contributed by atoms with van der Waals surface area (Å²) >= 11 is 6.34. The molecule has 0 aromatic heterocycles. The van der Waals surface area contributed by atoms with Gasteiger partial charge in [0.15, 0.2) is 0 Å². The molecule has 1 unspecified atom stereocenters. The molecule has 2 aromatic rings. The fraction of sp³-hybridized carbons (Fsp3) is 0.133. The van der Waals surface area contributed by atoms with E-state index in [4.69, 9.17) is 15.6 Å². The summed E-state index contributed by atoms with van der Waals surface area (Å²) in [6.07, 6.45) is 0. The molecule has 0 fully saturated rings. The van der Waals surface area contributed by atoms with Gasteiger partial charge in [-0.1, -0.05) is 34.7 Å². The Hall–Kier alpha value is 0.660. The molecule has 3 N–H and O–H groups in total. The minimum absolute atomic E-state index is 0. The van der Waals surface area contributed by atoms with Crippen LogP contribution in [0.5, 0.6) is 17.2 Å². The summed E-state index contributed by atoms with van der Waals surface area (Å²) in [5.74, 6) is 0.0761. The van der Waals surface area contributed by atoms with E-state index < -0.39 is 12.0 Å². The zero-order valence-corrected chi connectivity index (χ0v) is 21.0. The van der Waals surface area contributed by atoms with Crippen LogP contribution in [0.1, 0.15) is 9.49 Å². The number of hydrogen-bond acceptors (Lipinski definition) is 4. The Labute approximate surface area is 202 Å². The van der Waals surface area contributed by atoms with Crippen LogP contribution < -0.4 is 45.1 Å². The van der Waals surface area contributed by atoms with Gasteiger partial charge in [-0.25, -0.2) is 0 Å². The Balaban J connectivity index is 0.00000288. The van der Waals surface area contributed by atoms with E-state index in [1.165, 1.54) is 12.1 Å². The molecule has 0 saturated heterocycles. The molecule has 0 aliphatic rings. The van der Waals surface area contributed by atoms with Crippen LogP contribution in [-0.2, 0) is 4.79 Å². The summed E-state index contributed by atoms with van der Waals surface area (Å²) in [7, 11) is 0. The first-order valence-corrected chi connectivity index (χ1v) is 9.76. The van der Waals surface area contributed by atoms with Crippen LogP contribution in [0, 0.1) is 7.14 Å². The fourth-order valence-corrected chi connectivity index (χ4v) is 6.38. The molecule has 0 aliphatic heterocycles. The number of nitrogens with two attached hydrogens (primary N) is 1. The van der Waals surface area contributed by atoms with Gasteiger partial charge in [-0.05, 0) is 75.0 Å². The van der Waals surface area contributed by atoms with Gasteiger partial charge in [0.2, 0.25) is 0 Å². The molecule has 0 saturated carbocycles. The molecule has 9 heteroatoms. The first-order valence-electron chi connectivity index (χ1n) is 6.36. The van der Waals surface area contributed by atoms with Crippen LogP contribution in [0.25, 0.3) is 0 Å². The summed E-state index contributed by atoms with van der Waals surface area (Å²) in [6.45, 7) is 0. The number of ether oxygens (including phenoxy) is 1. The van der Waals surface area contributed by atoms with E-state index in [-0.39, 0.29) is 39.2 Å². The van der Waals surface area contributed by atoms with Crippen LogP contribution >= 0.6 is 67.8 Å². The van der Waals surface area contributed by atoms with Crippen LogP contribution in [0.3, 0.4) is 0 Å². The number of benzene rings is 2. The standard InChI is InChI=1S/C15H12I3NO4.Na/c16-10-5-9(23-8-3-1-7(20)2-4-8)6-11(17)12(10)13(18)14(19)15(21)22;/h1-6,13-14,20H,19H2,(H,21,22);/q;+1/p-1/t13?,14-;/m1./s1. The van der Waals surface area contributed by atoms with Gasteiger partial charge in [0.05, 0.1) is 3.92 Å². The van der Waals surface area contributed by atoms with Crippen molar-refractivity contribution < 1.29 is 49.3 Å². The van der Waals surface area contributed by atoms with Gasteiger partial charge in [0.1, 0.15) is 17.5 Å². The van der Waals surface area contributed by atoms with Gasteiger partial charge >= 0.3 is 35.5 Å². The molecule has 0 aliphatic carbocycles. The summed E-state index contributed by atoms with van der Waals surface area (Å²) in [5, 5.41) is 20.2. The van der Waals surface area contributed by atoms with Crippen molar-refractivity contribution in [1.82, 2.24) is 0 Å². The van der Waals surface area contributed by atoms with E-state index in [0.717, 1.165) is 12.7 Å². The molecule has 0 amide bonds. The molecule has 122 valence electrons. The predicted octanol–water partition coefficient (Wildman–Crippen LogP) is 0.654. The molecule has 0 bridgehead atoms. The third-order valence-electron chi connectivity index (χ3n) is 2.99. The third kappa shape index (κ3) is 5.84. The van der Waals surface area contributed by atoms with Crippen molar-refractivity contribution in [2.75, 3.05) is 0 Å². The Morgan fingerprint density at radius 3 is 2.08 bits per heavy atom. The second-order valence-electron chi connectivity index (χ2n) is 4.64. The van der Waals surface area contributed by atoms with Crippen molar-refractivity contribution in [1.29, 1.82) is 0 Å². The monoisotopic (exact) mass is 673 g/mol. The molecule has 5 nitrogen and oxygen atoms in total. The van der Waals surface area contributed by atoms with E-state index in [1.54, 1.807) is 12.1 Å². The Kier molecular flexibility index (Phi) is 9.57. The fourth-order valence-electron chi connectivity index (χ4n) is 1.83. The van der Waals surface area contributed by atoms with Gasteiger partial charge in [-0.3, -0.25) is 4.79 Å². The molecular weight excluding hydrogens is 662 g/mol. The normalized spacial score (nSPS) is 12.8. The number of aliphatic carboxylic acids is 1. The van der Waals surface area contributed by atoms with Crippen LogP contribution in [0.4, 0.5) is 0 Å². The number of halogens is 3. The van der Waals surface area contributed by atoms with Gasteiger partial charge < -0.3 is 20.7 Å². The van der Waals surface area contributed by atoms with Gasteiger partial charge in [0, 0.05) is 7.14 Å². The summed E-state index contributed by atoms with van der Waals surface area (Å²) < 4.78 is 7.14. The number of carboxylic acid groups (broad SMARTS) is 1. The number of alkyl halides is 1. The quantitative estimate of drug-likeness (QED) is 0.277. The van der Waals surface area contributed by atoms with E-state index in [2.05, 4.69) is 45.2 Å². The Bertz CT molecular complexity index is 704. The van der Waals surface area contributed by atoms with Crippen molar-refractivity contribution in [3.63, 3.8) is 0 Å². The summed E-state index contributed by atoms with van der Waals surface area (Å²) in [4.78, 5) is 11.1. The molecule has 2 rings (SSSR count). The zero-order valence-electron chi connectivity index (χ0n) is 12.5. The van der Waals surface area contributed by atoms with Crippen LogP contribution in [0.2, 0.25) is 0 Å². The second kappa shape index (κ2) is 10.1. The molecule has 0 radical (unpaired) electrons. The first-order chi connectivity index (χ1) is 10.8. The number of rotatable bonds is 5. The summed E-state index contributed by atoms with van der Waals surface area (Å²) in [5.41, 5.74) is 6.61. The van der Waals surface area contributed by atoms with E-state index in [0.29, 0.717) is 11.5 Å². The smallest absolute Gasteiger partial charge is 0.872 e. The average molecular weight is 673 g/mol. The van der Waals surface area contributed by atoms with Gasteiger partial charge in [-0.2, -0.15) is 0 Å². The Morgan fingerprint density at radius 1 is 1.12 bits per heavy atom. The molecule has 2 aromatic carbocycles. The van der Waals surface area contributed by atoms with Gasteiger partial charge in [0.25, 0.3) is 0 Å². The molecule has 24 heavy (non-hydrogen) atoms. The minimum Gasteiger partial charge on any atom is -0.872 e. The van der Waals surface area contributed by atoms with Crippen LogP contribution in [-0.4, -0.2) is 17.1 Å².